The minimum Gasteiger partial charge on any atom is -0.460 e. The van der Waals surface area contributed by atoms with Crippen LogP contribution in [0.3, 0.4) is 0 Å². The lowest BCUT2D eigenvalue weighted by molar-refractivity contribution is -0.153. The van der Waals surface area contributed by atoms with Crippen LogP contribution >= 0.6 is 0 Å². The Hall–Kier alpha value is -2.23. The Morgan fingerprint density at radius 2 is 2.00 bits per heavy atom. The number of aryl methyl sites for hydroxylation is 1. The largest absolute Gasteiger partial charge is 0.460 e. The smallest absolute Gasteiger partial charge is 0.310 e. The van der Waals surface area contributed by atoms with Crippen LogP contribution < -0.4 is 0 Å². The van der Waals surface area contributed by atoms with Gasteiger partial charge in [-0.1, -0.05) is 25.1 Å². The van der Waals surface area contributed by atoms with Gasteiger partial charge in [0.25, 0.3) is 0 Å². The SMILES string of the molecule is CCc1cc2cc(/C=C/CC(=O)OC(C)(C)C)ccc2nn1. The zero-order valence-corrected chi connectivity index (χ0v) is 13.6. The summed E-state index contributed by atoms with van der Waals surface area (Å²) in [4.78, 5) is 11.7. The molecule has 0 aliphatic rings. The topological polar surface area (TPSA) is 52.1 Å². The van der Waals surface area contributed by atoms with E-state index < -0.39 is 5.60 Å². The number of rotatable bonds is 4. The van der Waals surface area contributed by atoms with Crippen LogP contribution in [0.5, 0.6) is 0 Å². The Labute approximate surface area is 131 Å². The van der Waals surface area contributed by atoms with Gasteiger partial charge in [-0.15, -0.1) is 0 Å². The average Bonchev–Trinajstić information content (AvgIpc) is 2.44. The van der Waals surface area contributed by atoms with Gasteiger partial charge in [0.05, 0.1) is 17.6 Å². The Morgan fingerprint density at radius 3 is 2.68 bits per heavy atom. The van der Waals surface area contributed by atoms with E-state index in [1.54, 1.807) is 0 Å². The number of ether oxygens (including phenoxy) is 1. The maximum absolute atomic E-state index is 11.7. The van der Waals surface area contributed by atoms with Crippen LogP contribution in [0.4, 0.5) is 0 Å². The number of nitrogens with zero attached hydrogens (tertiary/aromatic N) is 2. The monoisotopic (exact) mass is 298 g/mol. The van der Waals surface area contributed by atoms with Gasteiger partial charge < -0.3 is 4.74 Å². The first kappa shape index (κ1) is 16.1. The molecule has 0 aliphatic heterocycles. The first-order valence-electron chi connectivity index (χ1n) is 7.52. The highest BCUT2D eigenvalue weighted by molar-refractivity contribution is 5.81. The minimum absolute atomic E-state index is 0.219. The summed E-state index contributed by atoms with van der Waals surface area (Å²) < 4.78 is 5.27. The Morgan fingerprint density at radius 1 is 1.23 bits per heavy atom. The number of hydrogen-bond acceptors (Lipinski definition) is 4. The fraction of sp³-hybridized carbons (Fsp3) is 0.389. The molecule has 1 aromatic heterocycles. The van der Waals surface area contributed by atoms with Gasteiger partial charge in [0.2, 0.25) is 0 Å². The molecule has 2 rings (SSSR count). The second kappa shape index (κ2) is 6.69. The molecule has 0 bridgehead atoms. The molecule has 4 heteroatoms. The fourth-order valence-electron chi connectivity index (χ4n) is 2.06. The number of carbonyl (C=O) groups excluding carboxylic acids is 1. The summed E-state index contributed by atoms with van der Waals surface area (Å²) in [6.45, 7) is 7.65. The number of aromatic nitrogens is 2. The third-order valence-corrected chi connectivity index (χ3v) is 3.04. The molecule has 0 radical (unpaired) electrons. The van der Waals surface area contributed by atoms with E-state index in [0.717, 1.165) is 28.6 Å². The van der Waals surface area contributed by atoms with Gasteiger partial charge in [-0.3, -0.25) is 4.79 Å². The van der Waals surface area contributed by atoms with Crippen molar-refractivity contribution in [1.29, 1.82) is 0 Å². The van der Waals surface area contributed by atoms with Gasteiger partial charge in [0.15, 0.2) is 0 Å². The lowest BCUT2D eigenvalue weighted by Crippen LogP contribution is -2.23. The number of benzene rings is 1. The first-order chi connectivity index (χ1) is 10.4. The zero-order chi connectivity index (χ0) is 16.2. The summed E-state index contributed by atoms with van der Waals surface area (Å²) in [5.74, 6) is -0.219. The highest BCUT2D eigenvalue weighted by atomic mass is 16.6. The minimum atomic E-state index is -0.441. The quantitative estimate of drug-likeness (QED) is 0.802. The van der Waals surface area contributed by atoms with Crippen LogP contribution in [0.15, 0.2) is 30.3 Å². The molecule has 0 atom stereocenters. The lowest BCUT2D eigenvalue weighted by atomic mass is 10.1. The first-order valence-corrected chi connectivity index (χ1v) is 7.52. The Kier molecular flexibility index (Phi) is 4.91. The third kappa shape index (κ3) is 4.65. The van der Waals surface area contributed by atoms with Crippen LogP contribution in [0.25, 0.3) is 17.0 Å². The van der Waals surface area contributed by atoms with Crippen LogP contribution in [0.2, 0.25) is 0 Å². The van der Waals surface area contributed by atoms with Crippen LogP contribution in [0.1, 0.15) is 45.4 Å². The maximum atomic E-state index is 11.7. The molecular formula is C18H22N2O2. The van der Waals surface area contributed by atoms with Gasteiger partial charge in [0, 0.05) is 5.39 Å². The van der Waals surface area contributed by atoms with Crippen molar-refractivity contribution in [3.63, 3.8) is 0 Å². The molecule has 2 aromatic rings. The summed E-state index contributed by atoms with van der Waals surface area (Å²) in [5, 5.41) is 9.40. The summed E-state index contributed by atoms with van der Waals surface area (Å²) in [6, 6.07) is 8.01. The Balaban J connectivity index is 2.08. The van der Waals surface area contributed by atoms with Gasteiger partial charge in [-0.2, -0.15) is 10.2 Å². The van der Waals surface area contributed by atoms with E-state index >= 15 is 0 Å². The van der Waals surface area contributed by atoms with E-state index in [2.05, 4.69) is 23.2 Å². The molecule has 0 fully saturated rings. The second-order valence-corrected chi connectivity index (χ2v) is 6.20. The maximum Gasteiger partial charge on any atom is 0.310 e. The molecule has 0 saturated heterocycles. The highest BCUT2D eigenvalue weighted by Gasteiger charge is 2.14. The summed E-state index contributed by atoms with van der Waals surface area (Å²) in [6.07, 6.45) is 4.88. The molecule has 0 spiro atoms. The Bertz CT molecular complexity index is 700. The molecule has 22 heavy (non-hydrogen) atoms. The van der Waals surface area contributed by atoms with E-state index in [1.807, 2.05) is 51.1 Å². The van der Waals surface area contributed by atoms with Crippen LogP contribution in [-0.2, 0) is 16.0 Å². The molecule has 0 saturated carbocycles. The van der Waals surface area contributed by atoms with Crippen molar-refractivity contribution in [1.82, 2.24) is 10.2 Å². The third-order valence-electron chi connectivity index (χ3n) is 3.04. The molecule has 4 nitrogen and oxygen atoms in total. The average molecular weight is 298 g/mol. The van der Waals surface area contributed by atoms with Crippen molar-refractivity contribution in [2.24, 2.45) is 0 Å². The number of carbonyl (C=O) groups is 1. The molecule has 0 aliphatic carbocycles. The van der Waals surface area contributed by atoms with Crippen LogP contribution in [0, 0.1) is 0 Å². The summed E-state index contributed by atoms with van der Waals surface area (Å²) >= 11 is 0. The second-order valence-electron chi connectivity index (χ2n) is 6.20. The molecule has 116 valence electrons. The van der Waals surface area contributed by atoms with E-state index in [1.165, 1.54) is 0 Å². The van der Waals surface area contributed by atoms with Crippen LogP contribution in [-0.4, -0.2) is 21.8 Å². The van der Waals surface area contributed by atoms with Gasteiger partial charge in [-0.25, -0.2) is 0 Å². The van der Waals surface area contributed by atoms with Crippen molar-refractivity contribution < 1.29 is 9.53 Å². The number of esters is 1. The van der Waals surface area contributed by atoms with Gasteiger partial charge in [0.1, 0.15) is 5.60 Å². The fourth-order valence-corrected chi connectivity index (χ4v) is 2.06. The van der Waals surface area contributed by atoms with Crippen molar-refractivity contribution in [2.45, 2.75) is 46.1 Å². The van der Waals surface area contributed by atoms with Crippen molar-refractivity contribution in [3.8, 4) is 0 Å². The summed E-state index contributed by atoms with van der Waals surface area (Å²) in [7, 11) is 0. The predicted molar refractivity (Wildman–Crippen MR) is 88.4 cm³/mol. The van der Waals surface area contributed by atoms with Crippen molar-refractivity contribution in [2.75, 3.05) is 0 Å². The predicted octanol–water partition coefficient (Wildman–Crippen LogP) is 3.94. The standard InChI is InChI=1S/C18H22N2O2/c1-5-15-12-14-11-13(9-10-16(14)20-19-15)7-6-8-17(21)22-18(2,3)4/h6-7,9-12H,5,8H2,1-4H3/b7-6+. The van der Waals surface area contributed by atoms with E-state index in [0.29, 0.717) is 0 Å². The highest BCUT2D eigenvalue weighted by Crippen LogP contribution is 2.16. The molecule has 0 N–H and O–H groups in total. The molecular weight excluding hydrogens is 276 g/mol. The van der Waals surface area contributed by atoms with Gasteiger partial charge >= 0.3 is 5.97 Å². The normalized spacial score (nSPS) is 12.0. The lowest BCUT2D eigenvalue weighted by Gasteiger charge is -2.18. The van der Waals surface area contributed by atoms with Crippen molar-refractivity contribution in [3.05, 3.63) is 41.6 Å². The number of hydrogen-bond donors (Lipinski definition) is 0. The van der Waals surface area contributed by atoms with E-state index in [9.17, 15) is 4.79 Å². The molecule has 1 aromatic carbocycles. The van der Waals surface area contributed by atoms with E-state index in [-0.39, 0.29) is 12.4 Å². The molecule has 0 amide bonds. The van der Waals surface area contributed by atoms with E-state index in [4.69, 9.17) is 4.74 Å². The summed E-state index contributed by atoms with van der Waals surface area (Å²) in [5.41, 5.74) is 2.44. The zero-order valence-electron chi connectivity index (χ0n) is 13.6. The number of fused-ring (bicyclic) bond motifs is 1. The van der Waals surface area contributed by atoms with Crippen molar-refractivity contribution >= 4 is 22.9 Å². The molecule has 0 unspecified atom stereocenters. The molecule has 1 heterocycles. The van der Waals surface area contributed by atoms with Gasteiger partial charge in [-0.05, 0) is 51.0 Å².